The number of rotatable bonds is 7. The normalized spacial score (nSPS) is 10.9. The van der Waals surface area contributed by atoms with E-state index >= 15 is 0 Å². The highest BCUT2D eigenvalue weighted by atomic mass is 32.2. The van der Waals surface area contributed by atoms with E-state index < -0.39 is 21.9 Å². The predicted molar refractivity (Wildman–Crippen MR) is 104 cm³/mol. The summed E-state index contributed by atoms with van der Waals surface area (Å²) in [6.45, 7) is 1.57. The molecule has 1 amide bonds. The van der Waals surface area contributed by atoms with Gasteiger partial charge in [-0.25, -0.2) is 13.2 Å². The molecule has 0 saturated carbocycles. The molecule has 2 aromatic carbocycles. The Bertz CT molecular complexity index is 923. The van der Waals surface area contributed by atoms with E-state index in [1.54, 1.807) is 24.3 Å². The number of para-hydroxylation sites is 1. The maximum absolute atomic E-state index is 12.4. The Kier molecular flexibility index (Phi) is 6.57. The summed E-state index contributed by atoms with van der Waals surface area (Å²) in [6, 6.07) is 13.2. The van der Waals surface area contributed by atoms with Gasteiger partial charge in [-0.3, -0.25) is 9.10 Å². The Morgan fingerprint density at radius 2 is 1.70 bits per heavy atom. The van der Waals surface area contributed by atoms with Crippen molar-refractivity contribution in [3.63, 3.8) is 0 Å². The Balaban J connectivity index is 2.18. The number of amides is 1. The summed E-state index contributed by atoms with van der Waals surface area (Å²) < 4.78 is 30.2. The van der Waals surface area contributed by atoms with Gasteiger partial charge in [0.2, 0.25) is 15.9 Å². The first-order valence-corrected chi connectivity index (χ1v) is 10.1. The average Bonchev–Trinajstić information content (AvgIpc) is 2.65. The van der Waals surface area contributed by atoms with Crippen LogP contribution in [0.25, 0.3) is 0 Å². The van der Waals surface area contributed by atoms with Crippen LogP contribution in [-0.2, 0) is 26.0 Å². The van der Waals surface area contributed by atoms with E-state index in [-0.39, 0.29) is 6.54 Å². The van der Waals surface area contributed by atoms with Gasteiger partial charge in [0.25, 0.3) is 0 Å². The molecular formula is C19H22N2O5S. The highest BCUT2D eigenvalue weighted by Gasteiger charge is 2.22. The molecule has 0 unspecified atom stereocenters. The van der Waals surface area contributed by atoms with Crippen molar-refractivity contribution in [1.82, 2.24) is 0 Å². The third-order valence-electron chi connectivity index (χ3n) is 3.92. The van der Waals surface area contributed by atoms with Crippen molar-refractivity contribution < 1.29 is 22.7 Å². The first-order chi connectivity index (χ1) is 12.8. The van der Waals surface area contributed by atoms with Gasteiger partial charge in [0.05, 0.1) is 24.6 Å². The lowest BCUT2D eigenvalue weighted by Gasteiger charge is -2.24. The number of methoxy groups -OCH3 is 1. The van der Waals surface area contributed by atoms with Gasteiger partial charge in [-0.2, -0.15) is 0 Å². The molecular weight excluding hydrogens is 368 g/mol. The summed E-state index contributed by atoms with van der Waals surface area (Å²) >= 11 is 0. The second-order valence-electron chi connectivity index (χ2n) is 5.87. The number of hydrogen-bond donors (Lipinski definition) is 1. The molecule has 8 heteroatoms. The van der Waals surface area contributed by atoms with Crippen molar-refractivity contribution in [1.29, 1.82) is 0 Å². The summed E-state index contributed by atoms with van der Waals surface area (Å²) in [7, 11) is -2.36. The molecule has 1 N–H and O–H groups in total. The minimum atomic E-state index is -3.65. The molecule has 0 aliphatic heterocycles. The van der Waals surface area contributed by atoms with E-state index in [1.165, 1.54) is 19.2 Å². The number of ether oxygens (including phenoxy) is 1. The number of sulfonamides is 1. The van der Waals surface area contributed by atoms with Gasteiger partial charge in [-0.05, 0) is 42.3 Å². The number of carbonyl (C=O) groups is 2. The van der Waals surface area contributed by atoms with E-state index in [1.807, 2.05) is 19.1 Å². The maximum Gasteiger partial charge on any atom is 0.337 e. The second-order valence-corrected chi connectivity index (χ2v) is 7.78. The van der Waals surface area contributed by atoms with Crippen LogP contribution < -0.4 is 9.62 Å². The van der Waals surface area contributed by atoms with Gasteiger partial charge < -0.3 is 10.1 Å². The molecule has 0 aliphatic rings. The summed E-state index contributed by atoms with van der Waals surface area (Å²) in [5, 5.41) is 2.64. The summed E-state index contributed by atoms with van der Waals surface area (Å²) in [6.07, 6.45) is 1.71. The first-order valence-electron chi connectivity index (χ1n) is 8.30. The van der Waals surface area contributed by atoms with Crippen LogP contribution in [0.3, 0.4) is 0 Å². The topological polar surface area (TPSA) is 92.8 Å². The molecule has 7 nitrogen and oxygen atoms in total. The van der Waals surface area contributed by atoms with E-state index in [9.17, 15) is 18.0 Å². The van der Waals surface area contributed by atoms with Crippen LogP contribution in [0.15, 0.2) is 48.5 Å². The molecule has 0 atom stereocenters. The standard InChI is InChI=1S/C19H22N2O5S/c1-4-14-7-5-6-8-17(14)21(27(3,24)25)13-18(22)20-16-11-9-15(10-12-16)19(23)26-2/h5-12H,4,13H2,1-3H3,(H,20,22). The number of benzene rings is 2. The molecule has 2 rings (SSSR count). The Morgan fingerprint density at radius 1 is 1.07 bits per heavy atom. The minimum Gasteiger partial charge on any atom is -0.465 e. The SMILES string of the molecule is CCc1ccccc1N(CC(=O)Nc1ccc(C(=O)OC)cc1)S(C)(=O)=O. The lowest BCUT2D eigenvalue weighted by molar-refractivity contribution is -0.114. The summed E-state index contributed by atoms with van der Waals surface area (Å²) in [5.41, 5.74) is 2.12. The number of carbonyl (C=O) groups excluding carboxylic acids is 2. The molecule has 0 bridgehead atoms. The Morgan fingerprint density at radius 3 is 2.26 bits per heavy atom. The van der Waals surface area contributed by atoms with Crippen LogP contribution in [0.2, 0.25) is 0 Å². The van der Waals surface area contributed by atoms with Crippen molar-refractivity contribution in [3.8, 4) is 0 Å². The molecule has 0 spiro atoms. The van der Waals surface area contributed by atoms with E-state index in [0.717, 1.165) is 16.1 Å². The van der Waals surface area contributed by atoms with Crippen LogP contribution in [0.1, 0.15) is 22.8 Å². The van der Waals surface area contributed by atoms with Gasteiger partial charge in [-0.15, -0.1) is 0 Å². The molecule has 0 heterocycles. The molecule has 0 fully saturated rings. The molecule has 0 aliphatic carbocycles. The number of nitrogens with zero attached hydrogens (tertiary/aromatic N) is 1. The first kappa shape index (κ1) is 20.4. The quantitative estimate of drug-likeness (QED) is 0.733. The highest BCUT2D eigenvalue weighted by Crippen LogP contribution is 2.23. The van der Waals surface area contributed by atoms with Gasteiger partial charge in [0, 0.05) is 5.69 Å². The molecule has 0 radical (unpaired) electrons. The van der Waals surface area contributed by atoms with Crippen molar-refractivity contribution in [3.05, 3.63) is 59.7 Å². The fourth-order valence-electron chi connectivity index (χ4n) is 2.57. The molecule has 0 saturated heterocycles. The van der Waals surface area contributed by atoms with Crippen molar-refractivity contribution >= 4 is 33.3 Å². The largest absolute Gasteiger partial charge is 0.465 e. The number of esters is 1. The fraction of sp³-hybridized carbons (Fsp3) is 0.263. The summed E-state index contributed by atoms with van der Waals surface area (Å²) in [4.78, 5) is 23.8. The zero-order valence-corrected chi connectivity index (χ0v) is 16.2. The smallest absolute Gasteiger partial charge is 0.337 e. The average molecular weight is 390 g/mol. The van der Waals surface area contributed by atoms with Crippen LogP contribution >= 0.6 is 0 Å². The minimum absolute atomic E-state index is 0.352. The fourth-order valence-corrected chi connectivity index (χ4v) is 3.46. The number of aryl methyl sites for hydroxylation is 1. The highest BCUT2D eigenvalue weighted by molar-refractivity contribution is 7.92. The van der Waals surface area contributed by atoms with Gasteiger partial charge >= 0.3 is 5.97 Å². The number of nitrogens with one attached hydrogen (secondary N) is 1. The van der Waals surface area contributed by atoms with Gasteiger partial charge in [0.1, 0.15) is 6.54 Å². The Hall–Kier alpha value is -2.87. The van der Waals surface area contributed by atoms with Crippen molar-refractivity contribution in [2.75, 3.05) is 29.5 Å². The van der Waals surface area contributed by atoms with Crippen molar-refractivity contribution in [2.24, 2.45) is 0 Å². The third kappa shape index (κ3) is 5.30. The van der Waals surface area contributed by atoms with Crippen LogP contribution in [0, 0.1) is 0 Å². The lowest BCUT2D eigenvalue weighted by Crippen LogP contribution is -2.38. The molecule has 2 aromatic rings. The second kappa shape index (κ2) is 8.68. The summed E-state index contributed by atoms with van der Waals surface area (Å²) in [5.74, 6) is -0.968. The molecule has 0 aromatic heterocycles. The van der Waals surface area contributed by atoms with E-state index in [2.05, 4.69) is 10.1 Å². The molecule has 144 valence electrons. The van der Waals surface area contributed by atoms with E-state index in [4.69, 9.17) is 0 Å². The zero-order valence-electron chi connectivity index (χ0n) is 15.4. The monoisotopic (exact) mass is 390 g/mol. The van der Waals surface area contributed by atoms with Crippen LogP contribution in [-0.4, -0.2) is 40.2 Å². The van der Waals surface area contributed by atoms with Gasteiger partial charge in [0.15, 0.2) is 0 Å². The number of anilines is 2. The predicted octanol–water partition coefficient (Wildman–Crippen LogP) is 2.44. The maximum atomic E-state index is 12.4. The van der Waals surface area contributed by atoms with Crippen LogP contribution in [0.5, 0.6) is 0 Å². The van der Waals surface area contributed by atoms with E-state index in [0.29, 0.717) is 23.4 Å². The third-order valence-corrected chi connectivity index (χ3v) is 5.04. The number of hydrogen-bond acceptors (Lipinski definition) is 5. The van der Waals surface area contributed by atoms with Gasteiger partial charge in [-0.1, -0.05) is 25.1 Å². The van der Waals surface area contributed by atoms with Crippen molar-refractivity contribution in [2.45, 2.75) is 13.3 Å². The Labute approximate surface area is 159 Å². The lowest BCUT2D eigenvalue weighted by atomic mass is 10.1. The zero-order chi connectivity index (χ0) is 20.0. The molecule has 27 heavy (non-hydrogen) atoms. The van der Waals surface area contributed by atoms with Crippen LogP contribution in [0.4, 0.5) is 11.4 Å².